The van der Waals surface area contributed by atoms with Crippen LogP contribution in [0, 0.1) is 3.57 Å². The van der Waals surface area contributed by atoms with Gasteiger partial charge in [-0.3, -0.25) is 4.55 Å². The summed E-state index contributed by atoms with van der Waals surface area (Å²) < 4.78 is 77.3. The first-order valence-corrected chi connectivity index (χ1v) is 15.9. The molecule has 3 atom stereocenters. The van der Waals surface area contributed by atoms with Crippen molar-refractivity contribution in [2.45, 2.75) is 64.9 Å². The largest absolute Gasteiger partial charge is 0.483 e. The van der Waals surface area contributed by atoms with Crippen molar-refractivity contribution in [2.24, 2.45) is 0 Å². The number of halogens is 3. The van der Waals surface area contributed by atoms with Crippen LogP contribution in [0.3, 0.4) is 0 Å². The standard InChI is InChI=1S/C28H29F2IO6S2/c1-19(28(29,30)39(32,33)34)37-22-9-15-25(16-10-22)38(24-13-7-21(31)8-14-24)23-11-5-20(6-12-23)27(4)18-35-26(2,3)17-36-27/h5-16,19H,17-18H2,1-4H3/p+1. The van der Waals surface area contributed by atoms with E-state index >= 15 is 0 Å². The molecule has 0 amide bonds. The molecular weight excluding hydrogens is 661 g/mol. The Morgan fingerprint density at radius 1 is 0.897 bits per heavy atom. The van der Waals surface area contributed by atoms with E-state index in [1.165, 1.54) is 12.1 Å². The first-order chi connectivity index (χ1) is 18.1. The van der Waals surface area contributed by atoms with Crippen molar-refractivity contribution < 1.29 is 36.0 Å². The minimum absolute atomic E-state index is 0.0568. The lowest BCUT2D eigenvalue weighted by molar-refractivity contribution is -0.221. The van der Waals surface area contributed by atoms with Crippen LogP contribution < -0.4 is 4.74 Å². The molecule has 3 aromatic rings. The highest BCUT2D eigenvalue weighted by Crippen LogP contribution is 2.37. The van der Waals surface area contributed by atoms with E-state index in [2.05, 4.69) is 46.9 Å². The number of benzene rings is 3. The molecule has 6 nitrogen and oxygen atoms in total. The zero-order chi connectivity index (χ0) is 28.6. The maximum atomic E-state index is 13.9. The number of hydrogen-bond donors (Lipinski definition) is 1. The van der Waals surface area contributed by atoms with Gasteiger partial charge in [-0.2, -0.15) is 17.2 Å². The minimum Gasteiger partial charge on any atom is -0.483 e. The third-order valence-corrected chi connectivity index (χ3v) is 10.4. The lowest BCUT2D eigenvalue weighted by Gasteiger charge is -2.41. The van der Waals surface area contributed by atoms with Gasteiger partial charge in [0.15, 0.2) is 20.8 Å². The Hall–Kier alpha value is -1.77. The van der Waals surface area contributed by atoms with E-state index in [0.717, 1.165) is 30.7 Å². The van der Waals surface area contributed by atoms with Crippen molar-refractivity contribution in [1.29, 1.82) is 0 Å². The molecule has 0 bridgehead atoms. The molecule has 0 radical (unpaired) electrons. The zero-order valence-electron chi connectivity index (χ0n) is 21.9. The number of rotatable bonds is 8. The Balaban J connectivity index is 1.62. The van der Waals surface area contributed by atoms with Gasteiger partial charge in [0.05, 0.1) is 29.7 Å². The predicted octanol–water partition coefficient (Wildman–Crippen LogP) is 6.68. The average molecular weight is 692 g/mol. The summed E-state index contributed by atoms with van der Waals surface area (Å²) in [5.41, 5.74) is 0.118. The summed E-state index contributed by atoms with van der Waals surface area (Å²) in [6.45, 7) is 7.84. The predicted molar refractivity (Wildman–Crippen MR) is 154 cm³/mol. The molecule has 1 aliphatic heterocycles. The van der Waals surface area contributed by atoms with Crippen LogP contribution in [-0.2, 0) is 36.1 Å². The molecule has 1 heterocycles. The van der Waals surface area contributed by atoms with Gasteiger partial charge in [0.2, 0.25) is 0 Å². The summed E-state index contributed by atoms with van der Waals surface area (Å²) in [6, 6.07) is 22.9. The number of ether oxygens (including phenoxy) is 3. The van der Waals surface area contributed by atoms with Gasteiger partial charge in [-0.1, -0.05) is 12.1 Å². The highest BCUT2D eigenvalue weighted by Gasteiger charge is 2.51. The van der Waals surface area contributed by atoms with Crippen molar-refractivity contribution in [3.05, 3.63) is 81.9 Å². The Bertz CT molecular complexity index is 1390. The molecule has 3 aromatic carbocycles. The lowest BCUT2D eigenvalue weighted by atomic mass is 9.94. The van der Waals surface area contributed by atoms with E-state index in [0.29, 0.717) is 13.2 Å². The maximum absolute atomic E-state index is 13.9. The fraction of sp³-hybridized carbons (Fsp3) is 0.357. The van der Waals surface area contributed by atoms with E-state index in [9.17, 15) is 17.2 Å². The van der Waals surface area contributed by atoms with Crippen molar-refractivity contribution >= 4 is 43.6 Å². The zero-order valence-corrected chi connectivity index (χ0v) is 25.6. The molecule has 0 spiro atoms. The molecule has 210 valence electrons. The van der Waals surface area contributed by atoms with E-state index in [1.807, 2.05) is 45.0 Å². The van der Waals surface area contributed by atoms with E-state index in [4.69, 9.17) is 18.8 Å². The van der Waals surface area contributed by atoms with Crippen molar-refractivity contribution in [1.82, 2.24) is 0 Å². The van der Waals surface area contributed by atoms with Crippen LogP contribution in [0.15, 0.2) is 87.5 Å². The summed E-state index contributed by atoms with van der Waals surface area (Å²) in [5, 5.41) is -4.45. The second-order valence-electron chi connectivity index (χ2n) is 10.1. The molecule has 0 aliphatic carbocycles. The molecule has 11 heteroatoms. The molecular formula is C28H30F2IO6S2+. The van der Waals surface area contributed by atoms with Crippen molar-refractivity contribution in [3.8, 4) is 5.75 Å². The molecule has 1 N–H and O–H groups in total. The third kappa shape index (κ3) is 6.76. The van der Waals surface area contributed by atoms with Crippen LogP contribution in [0.2, 0.25) is 0 Å². The van der Waals surface area contributed by atoms with Gasteiger partial charge in [-0.15, -0.1) is 0 Å². The fourth-order valence-corrected chi connectivity index (χ4v) is 6.84. The highest BCUT2D eigenvalue weighted by molar-refractivity contribution is 14.1. The maximum Gasteiger partial charge on any atom is 0.405 e. The van der Waals surface area contributed by atoms with Gasteiger partial charge >= 0.3 is 15.4 Å². The van der Waals surface area contributed by atoms with E-state index in [-0.39, 0.29) is 11.4 Å². The van der Waals surface area contributed by atoms with Gasteiger partial charge in [0.1, 0.15) is 11.4 Å². The first-order valence-electron chi connectivity index (χ1n) is 12.1. The van der Waals surface area contributed by atoms with Gasteiger partial charge in [0.25, 0.3) is 0 Å². The number of alkyl halides is 2. The number of hydrogen-bond acceptors (Lipinski definition) is 5. The topological polar surface area (TPSA) is 82.1 Å². The SMILES string of the molecule is CC(Oc1ccc([S+](c2ccc(I)cc2)c2ccc(C3(C)COC(C)(C)CO3)cc2)cc1)C(F)(F)S(=O)(=O)O. The van der Waals surface area contributed by atoms with Crippen LogP contribution in [0.1, 0.15) is 33.3 Å². The quantitative estimate of drug-likeness (QED) is 0.162. The highest BCUT2D eigenvalue weighted by atomic mass is 127. The summed E-state index contributed by atoms with van der Waals surface area (Å²) in [6.07, 6.45) is -2.08. The molecule has 1 aliphatic rings. The summed E-state index contributed by atoms with van der Waals surface area (Å²) in [4.78, 5) is 3.02. The Kier molecular flexibility index (Phi) is 8.71. The normalized spacial score (nSPS) is 21.2. The molecule has 0 aromatic heterocycles. The van der Waals surface area contributed by atoms with Crippen LogP contribution in [0.25, 0.3) is 0 Å². The van der Waals surface area contributed by atoms with Crippen LogP contribution in [-0.4, -0.2) is 43.1 Å². The van der Waals surface area contributed by atoms with Gasteiger partial charge in [0, 0.05) is 3.57 Å². The molecule has 1 saturated heterocycles. The van der Waals surface area contributed by atoms with E-state index < -0.39 is 38.0 Å². The van der Waals surface area contributed by atoms with Crippen LogP contribution >= 0.6 is 22.6 Å². The Morgan fingerprint density at radius 2 is 1.38 bits per heavy atom. The van der Waals surface area contributed by atoms with Crippen LogP contribution in [0.5, 0.6) is 5.75 Å². The molecule has 1 fully saturated rings. The Labute approximate surface area is 244 Å². The lowest BCUT2D eigenvalue weighted by Crippen LogP contribution is -2.47. The molecule has 4 rings (SSSR count). The molecule has 3 unspecified atom stereocenters. The Morgan fingerprint density at radius 3 is 1.85 bits per heavy atom. The molecule has 0 saturated carbocycles. The fourth-order valence-electron chi connectivity index (χ4n) is 3.98. The average Bonchev–Trinajstić information content (AvgIpc) is 2.88. The smallest absolute Gasteiger partial charge is 0.405 e. The summed E-state index contributed by atoms with van der Waals surface area (Å²) in [5.74, 6) is 0.0568. The summed E-state index contributed by atoms with van der Waals surface area (Å²) >= 11 is 2.25. The van der Waals surface area contributed by atoms with Crippen molar-refractivity contribution in [2.75, 3.05) is 13.2 Å². The van der Waals surface area contributed by atoms with E-state index in [1.54, 1.807) is 12.1 Å². The van der Waals surface area contributed by atoms with Crippen molar-refractivity contribution in [3.63, 3.8) is 0 Å². The minimum atomic E-state index is -5.62. The van der Waals surface area contributed by atoms with Gasteiger partial charge in [-0.25, -0.2) is 0 Å². The van der Waals surface area contributed by atoms with Crippen LogP contribution in [0.4, 0.5) is 8.78 Å². The second-order valence-corrected chi connectivity index (χ2v) is 14.9. The summed E-state index contributed by atoms with van der Waals surface area (Å²) in [7, 11) is -6.14. The van der Waals surface area contributed by atoms with Gasteiger partial charge < -0.3 is 14.2 Å². The monoisotopic (exact) mass is 691 g/mol. The second kappa shape index (κ2) is 11.2. The third-order valence-electron chi connectivity index (χ3n) is 6.42. The van der Waals surface area contributed by atoms with Gasteiger partial charge in [-0.05, 0) is 117 Å². The molecule has 39 heavy (non-hydrogen) atoms. The first kappa shape index (κ1) is 30.2.